The maximum absolute atomic E-state index is 6.03. The molecule has 2 aromatic rings. The van der Waals surface area contributed by atoms with Crippen molar-refractivity contribution >= 4 is 16.5 Å². The number of aryl methyl sites for hydroxylation is 1. The molecule has 0 saturated heterocycles. The van der Waals surface area contributed by atoms with Gasteiger partial charge < -0.3 is 5.73 Å². The van der Waals surface area contributed by atoms with Crippen molar-refractivity contribution in [3.8, 4) is 0 Å². The average molecular weight is 255 g/mol. The Hall–Kier alpha value is -1.50. The van der Waals surface area contributed by atoms with Gasteiger partial charge in [-0.1, -0.05) is 63.3 Å². The molecule has 0 aromatic heterocycles. The highest BCUT2D eigenvalue weighted by atomic mass is 14.5. The first-order valence-corrected chi connectivity index (χ1v) is 7.58. The summed E-state index contributed by atoms with van der Waals surface area (Å²) in [6.45, 7) is 2.26. The van der Waals surface area contributed by atoms with Gasteiger partial charge in [-0.05, 0) is 35.9 Å². The number of unbranched alkanes of at least 4 members (excludes halogenated alkanes) is 5. The Morgan fingerprint density at radius 2 is 1.68 bits per heavy atom. The van der Waals surface area contributed by atoms with E-state index in [1.165, 1.54) is 61.3 Å². The normalized spacial score (nSPS) is 11.0. The van der Waals surface area contributed by atoms with E-state index in [1.54, 1.807) is 0 Å². The van der Waals surface area contributed by atoms with Crippen molar-refractivity contribution in [1.29, 1.82) is 0 Å². The first-order valence-electron chi connectivity index (χ1n) is 7.58. The van der Waals surface area contributed by atoms with Crippen LogP contribution in [0.25, 0.3) is 10.8 Å². The van der Waals surface area contributed by atoms with Gasteiger partial charge in [0.05, 0.1) is 0 Å². The maximum atomic E-state index is 6.03. The molecule has 2 aromatic carbocycles. The van der Waals surface area contributed by atoms with Gasteiger partial charge in [-0.3, -0.25) is 0 Å². The number of nitrogen functional groups attached to an aromatic ring is 1. The zero-order valence-electron chi connectivity index (χ0n) is 12.0. The molecule has 0 atom stereocenters. The van der Waals surface area contributed by atoms with Crippen molar-refractivity contribution in [1.82, 2.24) is 0 Å². The lowest BCUT2D eigenvalue weighted by molar-refractivity contribution is 0.607. The highest BCUT2D eigenvalue weighted by Gasteiger charge is 2.00. The van der Waals surface area contributed by atoms with Gasteiger partial charge in [-0.25, -0.2) is 0 Å². The van der Waals surface area contributed by atoms with E-state index in [2.05, 4.69) is 31.2 Å². The summed E-state index contributed by atoms with van der Waals surface area (Å²) in [7, 11) is 0. The van der Waals surface area contributed by atoms with Crippen LogP contribution in [0.3, 0.4) is 0 Å². The number of anilines is 1. The molecule has 0 aliphatic heterocycles. The highest BCUT2D eigenvalue weighted by molar-refractivity contribution is 5.93. The molecule has 0 aliphatic rings. The Morgan fingerprint density at radius 1 is 0.895 bits per heavy atom. The Labute approximate surface area is 116 Å². The quantitative estimate of drug-likeness (QED) is 0.525. The van der Waals surface area contributed by atoms with Crippen LogP contribution < -0.4 is 5.73 Å². The molecule has 1 heteroatoms. The van der Waals surface area contributed by atoms with Crippen LogP contribution in [-0.4, -0.2) is 0 Å². The van der Waals surface area contributed by atoms with E-state index in [0.717, 1.165) is 5.69 Å². The van der Waals surface area contributed by atoms with Crippen LogP contribution in [0.5, 0.6) is 0 Å². The molecule has 1 nitrogen and oxygen atoms in total. The van der Waals surface area contributed by atoms with Crippen molar-refractivity contribution in [2.45, 2.75) is 51.9 Å². The maximum Gasteiger partial charge on any atom is 0.0393 e. The number of benzene rings is 2. The van der Waals surface area contributed by atoms with Gasteiger partial charge in [0, 0.05) is 11.1 Å². The van der Waals surface area contributed by atoms with E-state index in [-0.39, 0.29) is 0 Å². The Bertz CT molecular complexity index is 516. The number of nitrogens with two attached hydrogens (primary N) is 1. The fourth-order valence-electron chi connectivity index (χ4n) is 2.61. The number of hydrogen-bond acceptors (Lipinski definition) is 1. The van der Waals surface area contributed by atoms with Gasteiger partial charge in [-0.2, -0.15) is 0 Å². The summed E-state index contributed by atoms with van der Waals surface area (Å²) in [6.07, 6.45) is 9.29. The molecule has 2 rings (SSSR count). The molecular formula is C18H25N. The summed E-state index contributed by atoms with van der Waals surface area (Å²) in [6, 6.07) is 12.8. The Balaban J connectivity index is 1.89. The highest BCUT2D eigenvalue weighted by Crippen LogP contribution is 2.23. The minimum atomic E-state index is 0.891. The summed E-state index contributed by atoms with van der Waals surface area (Å²) in [5, 5.41) is 2.44. The van der Waals surface area contributed by atoms with E-state index in [9.17, 15) is 0 Å². The summed E-state index contributed by atoms with van der Waals surface area (Å²) in [4.78, 5) is 0. The van der Waals surface area contributed by atoms with Gasteiger partial charge in [0.2, 0.25) is 0 Å². The van der Waals surface area contributed by atoms with E-state index in [4.69, 9.17) is 5.73 Å². The molecule has 0 amide bonds. The van der Waals surface area contributed by atoms with Gasteiger partial charge in [0.1, 0.15) is 0 Å². The molecule has 0 heterocycles. The monoisotopic (exact) mass is 255 g/mol. The van der Waals surface area contributed by atoms with Crippen LogP contribution in [-0.2, 0) is 6.42 Å². The third-order valence-electron chi connectivity index (χ3n) is 3.80. The van der Waals surface area contributed by atoms with Crippen LogP contribution in [0, 0.1) is 0 Å². The predicted molar refractivity (Wildman–Crippen MR) is 85.4 cm³/mol. The second kappa shape index (κ2) is 7.18. The zero-order chi connectivity index (χ0) is 13.5. The summed E-state index contributed by atoms with van der Waals surface area (Å²) in [5.41, 5.74) is 8.34. The van der Waals surface area contributed by atoms with Crippen LogP contribution in [0.15, 0.2) is 36.4 Å². The second-order valence-electron chi connectivity index (χ2n) is 5.42. The van der Waals surface area contributed by atoms with E-state index >= 15 is 0 Å². The van der Waals surface area contributed by atoms with Crippen LogP contribution in [0.4, 0.5) is 5.69 Å². The fourth-order valence-corrected chi connectivity index (χ4v) is 2.61. The largest absolute Gasteiger partial charge is 0.398 e. The number of fused-ring (bicyclic) bond motifs is 1. The number of rotatable bonds is 7. The van der Waals surface area contributed by atoms with Gasteiger partial charge in [0.15, 0.2) is 0 Å². The average Bonchev–Trinajstić information content (AvgIpc) is 2.43. The second-order valence-corrected chi connectivity index (χ2v) is 5.42. The lowest BCUT2D eigenvalue weighted by atomic mass is 10.0. The molecule has 0 fully saturated rings. The van der Waals surface area contributed by atoms with E-state index in [1.807, 2.05) is 12.1 Å². The summed E-state index contributed by atoms with van der Waals surface area (Å²) < 4.78 is 0. The van der Waals surface area contributed by atoms with Gasteiger partial charge in [0.25, 0.3) is 0 Å². The SMILES string of the molecule is CCCCCCCCc1ccc2cccc(N)c2c1. The molecule has 0 saturated carbocycles. The van der Waals surface area contributed by atoms with Crippen molar-refractivity contribution in [2.24, 2.45) is 0 Å². The first-order chi connectivity index (χ1) is 9.31. The number of hydrogen-bond donors (Lipinski definition) is 1. The minimum Gasteiger partial charge on any atom is -0.398 e. The standard InChI is InChI=1S/C18H25N/c1-2-3-4-5-6-7-9-15-12-13-16-10-8-11-18(19)17(16)14-15/h8,10-14H,2-7,9,19H2,1H3. The van der Waals surface area contributed by atoms with Crippen LogP contribution in [0.2, 0.25) is 0 Å². The van der Waals surface area contributed by atoms with Crippen molar-refractivity contribution in [3.05, 3.63) is 42.0 Å². The van der Waals surface area contributed by atoms with Crippen molar-refractivity contribution in [3.63, 3.8) is 0 Å². The van der Waals surface area contributed by atoms with Crippen molar-refractivity contribution < 1.29 is 0 Å². The predicted octanol–water partition coefficient (Wildman–Crippen LogP) is 5.33. The Morgan fingerprint density at radius 3 is 2.53 bits per heavy atom. The van der Waals surface area contributed by atoms with Crippen LogP contribution >= 0.6 is 0 Å². The molecule has 0 aliphatic carbocycles. The molecular weight excluding hydrogens is 230 g/mol. The lowest BCUT2D eigenvalue weighted by Crippen LogP contribution is -1.90. The molecule has 0 radical (unpaired) electrons. The smallest absolute Gasteiger partial charge is 0.0393 e. The van der Waals surface area contributed by atoms with E-state index in [0.29, 0.717) is 0 Å². The van der Waals surface area contributed by atoms with E-state index < -0.39 is 0 Å². The lowest BCUT2D eigenvalue weighted by Gasteiger charge is -2.06. The van der Waals surface area contributed by atoms with Crippen molar-refractivity contribution in [2.75, 3.05) is 5.73 Å². The summed E-state index contributed by atoms with van der Waals surface area (Å²) >= 11 is 0. The van der Waals surface area contributed by atoms with Crippen LogP contribution in [0.1, 0.15) is 51.0 Å². The fraction of sp³-hybridized carbons (Fsp3) is 0.444. The molecule has 19 heavy (non-hydrogen) atoms. The first kappa shape index (κ1) is 13.9. The third kappa shape index (κ3) is 3.99. The molecule has 0 bridgehead atoms. The minimum absolute atomic E-state index is 0.891. The topological polar surface area (TPSA) is 26.0 Å². The molecule has 0 spiro atoms. The van der Waals surface area contributed by atoms with Gasteiger partial charge in [-0.15, -0.1) is 0 Å². The van der Waals surface area contributed by atoms with Gasteiger partial charge >= 0.3 is 0 Å². The molecule has 102 valence electrons. The molecule has 2 N–H and O–H groups in total. The summed E-state index contributed by atoms with van der Waals surface area (Å²) in [5.74, 6) is 0. The molecule has 0 unspecified atom stereocenters. The third-order valence-corrected chi connectivity index (χ3v) is 3.80. The zero-order valence-corrected chi connectivity index (χ0v) is 12.0. The Kier molecular flexibility index (Phi) is 5.26.